The van der Waals surface area contributed by atoms with E-state index in [0.717, 1.165) is 0 Å². The fourth-order valence-corrected chi connectivity index (χ4v) is 1.36. The molecule has 0 saturated heterocycles. The van der Waals surface area contributed by atoms with Gasteiger partial charge in [0.2, 0.25) is 5.76 Å². The van der Waals surface area contributed by atoms with E-state index in [1.54, 1.807) is 0 Å². The monoisotopic (exact) mass is 254 g/mol. The van der Waals surface area contributed by atoms with Gasteiger partial charge in [0.15, 0.2) is 23.3 Å². The minimum absolute atomic E-state index is 1.38. The number of rotatable bonds is 0. The summed E-state index contributed by atoms with van der Waals surface area (Å²) in [5.41, 5.74) is -2.80. The Labute approximate surface area is 89.1 Å². The maximum absolute atomic E-state index is 13.1. The average Bonchev–Trinajstić information content (AvgIpc) is 2.61. The van der Waals surface area contributed by atoms with Gasteiger partial charge >= 0.3 is 12.0 Å². The molecule has 0 atom stereocenters. The predicted molar refractivity (Wildman–Crippen MR) is 40.8 cm³/mol. The fraction of sp³-hybridized carbons (Fsp3) is 0. The van der Waals surface area contributed by atoms with Crippen molar-refractivity contribution in [3.8, 4) is 0 Å². The van der Waals surface area contributed by atoms with Gasteiger partial charge in [0.05, 0.1) is 5.56 Å². The highest BCUT2D eigenvalue weighted by molar-refractivity contribution is 6.03. The van der Waals surface area contributed by atoms with Crippen molar-refractivity contribution in [3.63, 3.8) is 0 Å². The van der Waals surface area contributed by atoms with E-state index < -0.39 is 52.2 Å². The second-order valence-electron chi connectivity index (χ2n) is 2.98. The maximum Gasteiger partial charge on any atom is 0.347 e. The van der Waals surface area contributed by atoms with Crippen LogP contribution in [0.2, 0.25) is 0 Å². The van der Waals surface area contributed by atoms with Gasteiger partial charge in [0.1, 0.15) is 5.56 Å². The molecule has 2 rings (SSSR count). The zero-order valence-electron chi connectivity index (χ0n) is 7.58. The SMILES string of the molecule is O=C1OC(=C(F)F)c2c(F)c(F)c(F)c(F)c21. The van der Waals surface area contributed by atoms with Gasteiger partial charge in [-0.25, -0.2) is 22.4 Å². The van der Waals surface area contributed by atoms with Crippen LogP contribution in [0.3, 0.4) is 0 Å². The number of fused-ring (bicyclic) bond motifs is 1. The summed E-state index contributed by atoms with van der Waals surface area (Å²) in [6, 6.07) is 0. The lowest BCUT2D eigenvalue weighted by Crippen LogP contribution is -2.06. The van der Waals surface area contributed by atoms with Crippen molar-refractivity contribution in [1.29, 1.82) is 0 Å². The molecule has 2 nitrogen and oxygen atoms in total. The quantitative estimate of drug-likeness (QED) is 0.308. The van der Waals surface area contributed by atoms with Crippen molar-refractivity contribution in [3.05, 3.63) is 40.5 Å². The third-order valence-electron chi connectivity index (χ3n) is 2.06. The molecular formula is C9F6O2. The van der Waals surface area contributed by atoms with Crippen LogP contribution in [0, 0.1) is 23.3 Å². The third kappa shape index (κ3) is 1.40. The van der Waals surface area contributed by atoms with Crippen molar-refractivity contribution >= 4 is 11.7 Å². The maximum atomic E-state index is 13.1. The summed E-state index contributed by atoms with van der Waals surface area (Å²) in [4.78, 5) is 10.9. The number of carbonyl (C=O) groups is 1. The molecule has 0 saturated carbocycles. The molecule has 1 aliphatic rings. The van der Waals surface area contributed by atoms with E-state index in [0.29, 0.717) is 0 Å². The largest absolute Gasteiger partial charge is 0.416 e. The first-order valence-corrected chi connectivity index (χ1v) is 4.00. The zero-order chi connectivity index (χ0) is 12.9. The molecule has 0 bridgehead atoms. The molecular weight excluding hydrogens is 254 g/mol. The Balaban J connectivity index is 2.93. The Morgan fingerprint density at radius 2 is 1.29 bits per heavy atom. The number of carbonyl (C=O) groups excluding carboxylic acids is 1. The lowest BCUT2D eigenvalue weighted by atomic mass is 10.1. The van der Waals surface area contributed by atoms with Crippen LogP contribution in [0.4, 0.5) is 26.3 Å². The number of hydrogen-bond acceptors (Lipinski definition) is 2. The standard InChI is InChI=1S/C9F6O2/c10-3-1-2(4(11)6(13)5(3)12)9(16)17-7(1)8(14)15. The van der Waals surface area contributed by atoms with Gasteiger partial charge in [-0.15, -0.1) is 0 Å². The van der Waals surface area contributed by atoms with E-state index in [1.807, 2.05) is 0 Å². The van der Waals surface area contributed by atoms with Gasteiger partial charge in [-0.1, -0.05) is 0 Å². The highest BCUT2D eigenvalue weighted by Gasteiger charge is 2.40. The Morgan fingerprint density at radius 3 is 1.76 bits per heavy atom. The number of esters is 1. The molecule has 0 unspecified atom stereocenters. The Hall–Kier alpha value is -1.99. The van der Waals surface area contributed by atoms with E-state index >= 15 is 0 Å². The molecule has 8 heteroatoms. The number of ether oxygens (including phenoxy) is 1. The Morgan fingerprint density at radius 1 is 0.824 bits per heavy atom. The second kappa shape index (κ2) is 3.51. The number of benzene rings is 1. The van der Waals surface area contributed by atoms with E-state index in [9.17, 15) is 31.1 Å². The molecule has 0 aliphatic carbocycles. The highest BCUT2D eigenvalue weighted by atomic mass is 19.3. The predicted octanol–water partition coefficient (Wildman–Crippen LogP) is 2.98. The fourth-order valence-electron chi connectivity index (χ4n) is 1.36. The van der Waals surface area contributed by atoms with Crippen LogP contribution in [0.1, 0.15) is 15.9 Å². The van der Waals surface area contributed by atoms with Crippen LogP contribution in [-0.4, -0.2) is 5.97 Å². The van der Waals surface area contributed by atoms with E-state index in [4.69, 9.17) is 0 Å². The van der Waals surface area contributed by atoms with Gasteiger partial charge < -0.3 is 4.74 Å². The van der Waals surface area contributed by atoms with E-state index in [1.165, 1.54) is 0 Å². The van der Waals surface area contributed by atoms with E-state index in [-0.39, 0.29) is 0 Å². The molecule has 1 aromatic rings. The van der Waals surface area contributed by atoms with Gasteiger partial charge in [-0.3, -0.25) is 0 Å². The Bertz CT molecular complexity index is 574. The first-order chi connectivity index (χ1) is 7.86. The minimum atomic E-state index is -2.65. The summed E-state index contributed by atoms with van der Waals surface area (Å²) >= 11 is 0. The van der Waals surface area contributed by atoms with Gasteiger partial charge in [-0.05, 0) is 0 Å². The second-order valence-corrected chi connectivity index (χ2v) is 2.98. The molecule has 0 fully saturated rings. The van der Waals surface area contributed by atoms with Crippen molar-refractivity contribution in [1.82, 2.24) is 0 Å². The molecule has 1 heterocycles. The lowest BCUT2D eigenvalue weighted by molar-refractivity contribution is 0.0702. The summed E-state index contributed by atoms with van der Waals surface area (Å²) in [6.07, 6.45) is -2.65. The molecule has 17 heavy (non-hydrogen) atoms. The summed E-state index contributed by atoms with van der Waals surface area (Å²) < 4.78 is 80.1. The number of hydrogen-bond donors (Lipinski definition) is 0. The summed E-state index contributed by atoms with van der Waals surface area (Å²) in [7, 11) is 0. The molecule has 0 amide bonds. The van der Waals surface area contributed by atoms with Gasteiger partial charge in [-0.2, -0.15) is 8.78 Å². The highest BCUT2D eigenvalue weighted by Crippen LogP contribution is 2.38. The number of halogens is 6. The third-order valence-corrected chi connectivity index (χ3v) is 2.06. The van der Waals surface area contributed by atoms with Crippen LogP contribution in [0.25, 0.3) is 5.76 Å². The smallest absolute Gasteiger partial charge is 0.347 e. The number of cyclic esters (lactones) is 1. The average molecular weight is 254 g/mol. The zero-order valence-corrected chi connectivity index (χ0v) is 7.58. The van der Waals surface area contributed by atoms with Crippen LogP contribution in [0.15, 0.2) is 6.08 Å². The first-order valence-electron chi connectivity index (χ1n) is 4.00. The lowest BCUT2D eigenvalue weighted by Gasteiger charge is -2.02. The molecule has 0 radical (unpaired) electrons. The Kier molecular flexibility index (Phi) is 2.37. The topological polar surface area (TPSA) is 26.3 Å². The molecule has 90 valence electrons. The van der Waals surface area contributed by atoms with Crippen molar-refractivity contribution in [2.45, 2.75) is 0 Å². The van der Waals surface area contributed by atoms with Crippen molar-refractivity contribution in [2.75, 3.05) is 0 Å². The molecule has 1 aliphatic heterocycles. The summed E-state index contributed by atoms with van der Waals surface area (Å²) in [6.45, 7) is 0. The van der Waals surface area contributed by atoms with Gasteiger partial charge in [0, 0.05) is 0 Å². The van der Waals surface area contributed by atoms with Crippen LogP contribution < -0.4 is 0 Å². The van der Waals surface area contributed by atoms with Crippen LogP contribution in [-0.2, 0) is 4.74 Å². The first kappa shape index (κ1) is 11.5. The van der Waals surface area contributed by atoms with Crippen LogP contribution >= 0.6 is 0 Å². The van der Waals surface area contributed by atoms with Crippen molar-refractivity contribution in [2.24, 2.45) is 0 Å². The molecule has 0 N–H and O–H groups in total. The van der Waals surface area contributed by atoms with Gasteiger partial charge in [0.25, 0.3) is 0 Å². The minimum Gasteiger partial charge on any atom is -0.416 e. The van der Waals surface area contributed by atoms with Crippen LogP contribution in [0.5, 0.6) is 0 Å². The molecule has 1 aromatic carbocycles. The summed E-state index contributed by atoms with van der Waals surface area (Å²) in [5.74, 6) is -12.1. The normalized spacial score (nSPS) is 13.8. The summed E-state index contributed by atoms with van der Waals surface area (Å²) in [5, 5.41) is 0. The van der Waals surface area contributed by atoms with E-state index in [2.05, 4.69) is 4.74 Å². The van der Waals surface area contributed by atoms with Crippen molar-refractivity contribution < 1.29 is 35.9 Å². The molecule has 0 spiro atoms. The molecule has 0 aromatic heterocycles.